The molecule has 0 radical (unpaired) electrons. The average Bonchev–Trinajstić information content (AvgIpc) is 2.60. The SMILES string of the molecule is CN(CC1COc2ccccc2O1)C(=O)CC12CC3CC(CC(C3)C1)C2. The van der Waals surface area contributed by atoms with E-state index in [1.165, 1.54) is 38.5 Å². The predicted molar refractivity (Wildman–Crippen MR) is 99.2 cm³/mol. The fourth-order valence-corrected chi connectivity index (χ4v) is 6.52. The third kappa shape index (κ3) is 2.97. The first-order chi connectivity index (χ1) is 12.6. The minimum Gasteiger partial charge on any atom is -0.486 e. The van der Waals surface area contributed by atoms with Crippen LogP contribution >= 0.6 is 0 Å². The van der Waals surface area contributed by atoms with Crippen LogP contribution in [0.1, 0.15) is 44.9 Å². The van der Waals surface area contributed by atoms with Crippen molar-refractivity contribution in [2.24, 2.45) is 23.2 Å². The normalized spacial score (nSPS) is 36.8. The molecule has 4 bridgehead atoms. The molecule has 1 aliphatic heterocycles. The molecular weight excluding hydrogens is 326 g/mol. The maximum atomic E-state index is 13.0. The summed E-state index contributed by atoms with van der Waals surface area (Å²) < 4.78 is 11.8. The highest BCUT2D eigenvalue weighted by molar-refractivity contribution is 5.76. The first-order valence-electron chi connectivity index (χ1n) is 10.2. The monoisotopic (exact) mass is 355 g/mol. The highest BCUT2D eigenvalue weighted by Gasteiger charge is 2.51. The lowest BCUT2D eigenvalue weighted by Crippen LogP contribution is -2.49. The summed E-state index contributed by atoms with van der Waals surface area (Å²) >= 11 is 0. The van der Waals surface area contributed by atoms with Crippen molar-refractivity contribution in [3.05, 3.63) is 24.3 Å². The smallest absolute Gasteiger partial charge is 0.222 e. The van der Waals surface area contributed by atoms with E-state index in [0.29, 0.717) is 18.6 Å². The molecule has 0 saturated heterocycles. The van der Waals surface area contributed by atoms with Crippen LogP contribution in [0.15, 0.2) is 24.3 Å². The van der Waals surface area contributed by atoms with Gasteiger partial charge in [0.2, 0.25) is 5.91 Å². The summed E-state index contributed by atoms with van der Waals surface area (Å²) in [6, 6.07) is 7.75. The zero-order valence-corrected chi connectivity index (χ0v) is 15.7. The van der Waals surface area contributed by atoms with E-state index < -0.39 is 0 Å². The van der Waals surface area contributed by atoms with Crippen molar-refractivity contribution < 1.29 is 14.3 Å². The summed E-state index contributed by atoms with van der Waals surface area (Å²) in [6.07, 6.45) is 8.79. The molecule has 140 valence electrons. The molecule has 5 aliphatic rings. The number of para-hydroxylation sites is 2. The molecule has 1 atom stereocenters. The second-order valence-electron chi connectivity index (χ2n) is 9.37. The van der Waals surface area contributed by atoms with Gasteiger partial charge < -0.3 is 14.4 Å². The van der Waals surface area contributed by atoms with Crippen molar-refractivity contribution in [1.29, 1.82) is 0 Å². The van der Waals surface area contributed by atoms with Gasteiger partial charge in [0.25, 0.3) is 0 Å². The maximum Gasteiger partial charge on any atom is 0.222 e. The Hall–Kier alpha value is -1.71. The number of amides is 1. The number of fused-ring (bicyclic) bond motifs is 1. The summed E-state index contributed by atoms with van der Waals surface area (Å²) in [5.41, 5.74) is 0.302. The summed E-state index contributed by atoms with van der Waals surface area (Å²) in [5, 5.41) is 0. The van der Waals surface area contributed by atoms with Gasteiger partial charge in [-0.25, -0.2) is 0 Å². The van der Waals surface area contributed by atoms with E-state index in [1.807, 2.05) is 36.2 Å². The Balaban J connectivity index is 1.20. The quantitative estimate of drug-likeness (QED) is 0.822. The van der Waals surface area contributed by atoms with E-state index in [2.05, 4.69) is 0 Å². The Bertz CT molecular complexity index is 665. The molecule has 4 nitrogen and oxygen atoms in total. The first-order valence-corrected chi connectivity index (χ1v) is 10.2. The largest absolute Gasteiger partial charge is 0.486 e. The fourth-order valence-electron chi connectivity index (χ4n) is 6.52. The van der Waals surface area contributed by atoms with Crippen LogP contribution < -0.4 is 9.47 Å². The first kappa shape index (κ1) is 16.5. The second-order valence-corrected chi connectivity index (χ2v) is 9.37. The number of rotatable bonds is 4. The van der Waals surface area contributed by atoms with E-state index in [1.54, 1.807) is 0 Å². The van der Waals surface area contributed by atoms with Crippen LogP contribution in [0, 0.1) is 23.2 Å². The molecule has 26 heavy (non-hydrogen) atoms. The molecule has 0 N–H and O–H groups in total. The Morgan fingerprint density at radius 2 is 1.69 bits per heavy atom. The lowest BCUT2D eigenvalue weighted by atomic mass is 9.49. The second kappa shape index (κ2) is 6.17. The van der Waals surface area contributed by atoms with Gasteiger partial charge in [-0.1, -0.05) is 12.1 Å². The fraction of sp³-hybridized carbons (Fsp3) is 0.682. The molecule has 1 heterocycles. The Kier molecular flexibility index (Phi) is 3.91. The number of nitrogens with zero attached hydrogens (tertiary/aromatic N) is 1. The lowest BCUT2D eigenvalue weighted by Gasteiger charge is -2.57. The molecule has 4 aliphatic carbocycles. The van der Waals surface area contributed by atoms with Crippen molar-refractivity contribution in [3.8, 4) is 11.5 Å². The molecular formula is C22H29NO3. The van der Waals surface area contributed by atoms with Gasteiger partial charge in [0.05, 0.1) is 6.54 Å². The van der Waals surface area contributed by atoms with Crippen LogP contribution in [0.3, 0.4) is 0 Å². The molecule has 1 aromatic rings. The maximum absolute atomic E-state index is 13.0. The van der Waals surface area contributed by atoms with Crippen molar-refractivity contribution >= 4 is 5.91 Å². The number of hydrogen-bond donors (Lipinski definition) is 0. The number of carbonyl (C=O) groups excluding carboxylic acids is 1. The van der Waals surface area contributed by atoms with E-state index >= 15 is 0 Å². The average molecular weight is 355 g/mol. The van der Waals surface area contributed by atoms with Gasteiger partial charge in [0.1, 0.15) is 6.61 Å². The number of likely N-dealkylation sites (N-methyl/N-ethyl adjacent to an activating group) is 1. The molecule has 1 amide bonds. The highest BCUT2D eigenvalue weighted by atomic mass is 16.6. The Morgan fingerprint density at radius 1 is 1.08 bits per heavy atom. The van der Waals surface area contributed by atoms with Gasteiger partial charge in [-0.3, -0.25) is 4.79 Å². The van der Waals surface area contributed by atoms with Crippen LogP contribution in [0.2, 0.25) is 0 Å². The topological polar surface area (TPSA) is 38.8 Å². The third-order valence-electron chi connectivity index (χ3n) is 7.16. The van der Waals surface area contributed by atoms with Gasteiger partial charge in [0, 0.05) is 13.5 Å². The van der Waals surface area contributed by atoms with Crippen molar-refractivity contribution in [2.45, 2.75) is 51.0 Å². The number of hydrogen-bond acceptors (Lipinski definition) is 3. The van der Waals surface area contributed by atoms with E-state index in [9.17, 15) is 4.79 Å². The molecule has 4 saturated carbocycles. The Labute approximate surface area is 155 Å². The van der Waals surface area contributed by atoms with Crippen LogP contribution in [0.5, 0.6) is 11.5 Å². The molecule has 1 aromatic carbocycles. The molecule has 6 rings (SSSR count). The van der Waals surface area contributed by atoms with Crippen LogP contribution in [-0.4, -0.2) is 37.1 Å². The van der Waals surface area contributed by atoms with E-state index in [4.69, 9.17) is 9.47 Å². The van der Waals surface area contributed by atoms with Gasteiger partial charge >= 0.3 is 0 Å². The molecule has 1 unspecified atom stereocenters. The van der Waals surface area contributed by atoms with Crippen LogP contribution in [0.4, 0.5) is 0 Å². The van der Waals surface area contributed by atoms with E-state index in [-0.39, 0.29) is 12.0 Å². The summed E-state index contributed by atoms with van der Waals surface area (Å²) in [6.45, 7) is 1.10. The van der Waals surface area contributed by atoms with E-state index in [0.717, 1.165) is 35.7 Å². The number of benzene rings is 1. The molecule has 0 spiro atoms. The van der Waals surface area contributed by atoms with Crippen molar-refractivity contribution in [2.75, 3.05) is 20.2 Å². The minimum atomic E-state index is -0.0878. The van der Waals surface area contributed by atoms with Gasteiger partial charge in [-0.15, -0.1) is 0 Å². The van der Waals surface area contributed by atoms with Gasteiger partial charge in [-0.2, -0.15) is 0 Å². The van der Waals surface area contributed by atoms with Gasteiger partial charge in [-0.05, 0) is 73.8 Å². The zero-order chi connectivity index (χ0) is 17.7. The third-order valence-corrected chi connectivity index (χ3v) is 7.16. The molecule has 0 aromatic heterocycles. The summed E-state index contributed by atoms with van der Waals surface area (Å²) in [5.74, 6) is 4.55. The predicted octanol–water partition coefficient (Wildman–Crippen LogP) is 3.89. The van der Waals surface area contributed by atoms with Crippen molar-refractivity contribution in [3.63, 3.8) is 0 Å². The highest BCUT2D eigenvalue weighted by Crippen LogP contribution is 2.61. The number of ether oxygens (including phenoxy) is 2. The standard InChI is InChI=1S/C22H29NO3/c1-23(13-18-14-25-19-4-2-3-5-20(19)26-18)21(24)12-22-9-15-6-16(10-22)8-17(7-15)11-22/h2-5,15-18H,6-14H2,1H3. The number of carbonyl (C=O) groups is 1. The minimum absolute atomic E-state index is 0.0878. The zero-order valence-electron chi connectivity index (χ0n) is 15.7. The van der Waals surface area contributed by atoms with Crippen LogP contribution in [0.25, 0.3) is 0 Å². The van der Waals surface area contributed by atoms with Crippen molar-refractivity contribution in [1.82, 2.24) is 4.90 Å². The Morgan fingerprint density at radius 3 is 2.35 bits per heavy atom. The summed E-state index contributed by atoms with van der Waals surface area (Å²) in [4.78, 5) is 14.9. The molecule has 4 fully saturated rings. The van der Waals surface area contributed by atoms with Gasteiger partial charge in [0.15, 0.2) is 17.6 Å². The molecule has 4 heteroatoms. The lowest BCUT2D eigenvalue weighted by molar-refractivity contribution is -0.139. The van der Waals surface area contributed by atoms with Crippen LogP contribution in [-0.2, 0) is 4.79 Å². The summed E-state index contributed by atoms with van der Waals surface area (Å²) in [7, 11) is 1.92.